The zero-order valence-electron chi connectivity index (χ0n) is 35.3. The fourth-order valence-electron chi connectivity index (χ4n) is 9.08. The Kier molecular flexibility index (Phi) is 12.7. The van der Waals surface area contributed by atoms with Crippen LogP contribution in [0.1, 0.15) is 111 Å². The topological polar surface area (TPSA) is 261 Å². The number of fused-ring (bicyclic) bond motifs is 6. The molecule has 3 aliphatic rings. The fraction of sp³-hybridized carbons (Fsp3) is 0.265. The van der Waals surface area contributed by atoms with E-state index in [9.17, 15) is 14.4 Å². The molecule has 0 spiro atoms. The van der Waals surface area contributed by atoms with E-state index in [1.165, 1.54) is 33.5 Å². The molecule has 0 saturated carbocycles. The number of aromatic nitrogens is 9. The first kappa shape index (κ1) is 43.8. The van der Waals surface area contributed by atoms with Crippen LogP contribution in [-0.2, 0) is 38.5 Å². The van der Waals surface area contributed by atoms with Crippen LogP contribution in [0.2, 0.25) is 0 Å². The summed E-state index contributed by atoms with van der Waals surface area (Å²) in [6, 6.07) is 22.1. The molecule has 0 bridgehead atoms. The minimum Gasteiger partial charge on any atom is -0.478 e. The first-order valence-electron chi connectivity index (χ1n) is 21.7. The van der Waals surface area contributed by atoms with Gasteiger partial charge in [0.1, 0.15) is 17.5 Å². The van der Waals surface area contributed by atoms with Crippen LogP contribution in [0.4, 0.5) is 17.5 Å². The van der Waals surface area contributed by atoms with Crippen molar-refractivity contribution in [1.82, 2.24) is 44.7 Å². The summed E-state index contributed by atoms with van der Waals surface area (Å²) in [6.07, 6.45) is 18.2. The average Bonchev–Trinajstić information content (AvgIpc) is 4.20. The van der Waals surface area contributed by atoms with Crippen LogP contribution in [0.5, 0.6) is 0 Å². The average molecular weight is 875 g/mol. The molecule has 334 valence electrons. The van der Waals surface area contributed by atoms with Crippen molar-refractivity contribution in [2.24, 2.45) is 0 Å². The highest BCUT2D eigenvalue weighted by Gasteiger charge is 2.26. The summed E-state index contributed by atoms with van der Waals surface area (Å²) in [5, 5.41) is 27.0. The van der Waals surface area contributed by atoms with E-state index in [4.69, 9.17) is 22.3 Å². The van der Waals surface area contributed by atoms with Gasteiger partial charge < -0.3 is 37.3 Å². The van der Waals surface area contributed by atoms with E-state index in [2.05, 4.69) is 35.3 Å². The van der Waals surface area contributed by atoms with Gasteiger partial charge in [0.15, 0.2) is 0 Å². The normalized spacial score (nSPS) is 13.7. The number of benzene rings is 3. The maximum Gasteiger partial charge on any atom is 0.336 e. The van der Waals surface area contributed by atoms with E-state index in [1.54, 1.807) is 24.4 Å². The van der Waals surface area contributed by atoms with Crippen LogP contribution in [0.25, 0.3) is 32.7 Å². The molecule has 3 aliphatic carbocycles. The van der Waals surface area contributed by atoms with E-state index in [0.29, 0.717) is 34.1 Å². The Morgan fingerprint density at radius 1 is 0.538 bits per heavy atom. The molecule has 6 heterocycles. The lowest BCUT2D eigenvalue weighted by molar-refractivity contribution is 0.0698. The number of anilines is 3. The third-order valence-electron chi connectivity index (χ3n) is 12.4. The van der Waals surface area contributed by atoms with E-state index >= 15 is 0 Å². The quantitative estimate of drug-likeness (QED) is 0.0840. The predicted octanol–water partition coefficient (Wildman–Crippen LogP) is 8.40. The summed E-state index contributed by atoms with van der Waals surface area (Å²) in [5.74, 6) is 0.554. The lowest BCUT2D eigenvalue weighted by Crippen LogP contribution is -2.18. The van der Waals surface area contributed by atoms with Gasteiger partial charge in [0.05, 0.1) is 28.1 Å². The molecule has 0 saturated heterocycles. The number of nitrogens with one attached hydrogen (secondary N) is 4. The van der Waals surface area contributed by atoms with Crippen molar-refractivity contribution in [3.8, 4) is 0 Å². The third kappa shape index (κ3) is 8.62. The zero-order valence-corrected chi connectivity index (χ0v) is 35.3. The summed E-state index contributed by atoms with van der Waals surface area (Å²) in [5.41, 5.74) is 28.7. The zero-order chi connectivity index (χ0) is 44.3. The maximum absolute atomic E-state index is 12.9. The monoisotopic (exact) mass is 874 g/mol. The number of nitrogens with zero attached hydrogens (tertiary/aromatic N) is 5. The number of carboxylic acids is 1. The predicted molar refractivity (Wildman–Crippen MR) is 254 cm³/mol. The number of carbonyl (C=O) groups is 3. The van der Waals surface area contributed by atoms with E-state index in [1.807, 2.05) is 67.0 Å². The molecule has 0 unspecified atom stereocenters. The summed E-state index contributed by atoms with van der Waals surface area (Å²) in [4.78, 5) is 45.6. The lowest BCUT2D eigenvalue weighted by atomic mass is 9.97. The number of hydrogen-bond donors (Lipinski definition) is 8. The van der Waals surface area contributed by atoms with Crippen molar-refractivity contribution in [3.63, 3.8) is 0 Å². The van der Waals surface area contributed by atoms with Gasteiger partial charge >= 0.3 is 5.97 Å². The van der Waals surface area contributed by atoms with Gasteiger partial charge in [0, 0.05) is 73.7 Å². The van der Waals surface area contributed by atoms with Crippen LogP contribution in [0.3, 0.4) is 0 Å². The van der Waals surface area contributed by atoms with Gasteiger partial charge in [-0.3, -0.25) is 14.7 Å². The molecule has 12 rings (SSSR count). The Labute approximate surface area is 374 Å². The number of aromatic carboxylic acids is 1. The Morgan fingerprint density at radius 3 is 1.60 bits per heavy atom. The van der Waals surface area contributed by atoms with E-state index in [-0.39, 0.29) is 19.2 Å². The summed E-state index contributed by atoms with van der Waals surface area (Å²) < 4.78 is 2.88. The molecule has 9 aromatic rings. The van der Waals surface area contributed by atoms with Gasteiger partial charge in [-0.25, -0.2) is 4.79 Å². The standard InChI is InChI=1S/2C16H16N4O.C9H7NO2.C7H11N3.CH4/c17-15-12-4-1-2-7-14(12)20(19-15)16(21)11-5-3-6-13-10(11)8-9-18-13;17-15-12-4-1-2-6-14(12)19-20(15)16(21)11-5-3-7-13-10(11)8-9-18-13;11-9(12)7-2-1-3-8-6(7)4-5-10-8;8-7-5-3-1-2-4-6(5)9-10-7;/h3,5-6,8-9,18H,1-2,4,7H2,(H2,17,19);3,5,7-9,18H,1-2,4,6,17H2;1-5,10H,(H,11,12);1-4H2,(H3,8,9,10);1H4. The van der Waals surface area contributed by atoms with Crippen LogP contribution >= 0.6 is 0 Å². The van der Waals surface area contributed by atoms with Crippen molar-refractivity contribution in [2.45, 2.75) is 84.5 Å². The number of rotatable bonds is 3. The molecule has 3 aromatic carbocycles. The second kappa shape index (κ2) is 18.8. The van der Waals surface area contributed by atoms with Gasteiger partial charge in [-0.05, 0) is 132 Å². The summed E-state index contributed by atoms with van der Waals surface area (Å²) in [6.45, 7) is 0. The van der Waals surface area contributed by atoms with Crippen molar-refractivity contribution >= 4 is 67.9 Å². The molecule has 0 atom stereocenters. The van der Waals surface area contributed by atoms with Crippen LogP contribution in [0.15, 0.2) is 91.4 Å². The molecule has 0 aliphatic heterocycles. The van der Waals surface area contributed by atoms with Gasteiger partial charge in [-0.1, -0.05) is 25.6 Å². The fourth-order valence-corrected chi connectivity index (χ4v) is 9.08. The molecular weight excluding hydrogens is 821 g/mol. The highest BCUT2D eigenvalue weighted by atomic mass is 16.4. The Morgan fingerprint density at radius 2 is 1.03 bits per heavy atom. The van der Waals surface area contributed by atoms with Gasteiger partial charge in [-0.15, -0.1) is 5.10 Å². The molecule has 65 heavy (non-hydrogen) atoms. The number of nitrogens with two attached hydrogens (primary N) is 3. The Bertz CT molecular complexity index is 3160. The highest BCUT2D eigenvalue weighted by molar-refractivity contribution is 6.09. The highest BCUT2D eigenvalue weighted by Crippen LogP contribution is 2.30. The number of hydrogen-bond acceptors (Lipinski definition) is 9. The second-order valence-electron chi connectivity index (χ2n) is 16.3. The van der Waals surface area contributed by atoms with Crippen molar-refractivity contribution < 1.29 is 19.5 Å². The molecular formula is C49H54N12O4. The van der Waals surface area contributed by atoms with Gasteiger partial charge in [0.2, 0.25) is 0 Å². The number of carbonyl (C=O) groups excluding carboxylic acids is 2. The van der Waals surface area contributed by atoms with Gasteiger partial charge in [-0.2, -0.15) is 19.6 Å². The minimum absolute atomic E-state index is 0. The number of aryl methyl sites for hydroxylation is 2. The first-order valence-corrected chi connectivity index (χ1v) is 21.7. The molecule has 6 aromatic heterocycles. The molecule has 0 amide bonds. The van der Waals surface area contributed by atoms with Gasteiger partial charge in [0.25, 0.3) is 11.8 Å². The summed E-state index contributed by atoms with van der Waals surface area (Å²) >= 11 is 0. The lowest BCUT2D eigenvalue weighted by Gasteiger charge is -2.13. The number of nitrogen functional groups attached to an aromatic ring is 3. The maximum atomic E-state index is 12.9. The van der Waals surface area contributed by atoms with Crippen LogP contribution < -0.4 is 17.2 Å². The Hall–Kier alpha value is -7.88. The second-order valence-corrected chi connectivity index (χ2v) is 16.3. The minimum atomic E-state index is -0.889. The SMILES string of the molecule is C.Nc1c2c(nn1C(=O)c1cccc3[nH]ccc13)CCCC2.Nc1n[nH]c2c1CCCC2.Nc1nn(C(=O)c2cccc3[nH]ccc23)c2c1CCCC2.O=C(O)c1cccc2[nH]ccc12. The smallest absolute Gasteiger partial charge is 0.336 e. The molecule has 0 fully saturated rings. The largest absolute Gasteiger partial charge is 0.478 e. The van der Waals surface area contributed by atoms with Crippen molar-refractivity contribution in [2.75, 3.05) is 17.2 Å². The number of H-pyrrole nitrogens is 4. The summed E-state index contributed by atoms with van der Waals surface area (Å²) in [7, 11) is 0. The van der Waals surface area contributed by atoms with E-state index in [0.717, 1.165) is 119 Å². The number of carboxylic acid groups (broad SMARTS) is 1. The third-order valence-corrected chi connectivity index (χ3v) is 12.4. The van der Waals surface area contributed by atoms with Crippen LogP contribution in [-0.4, -0.2) is 67.6 Å². The van der Waals surface area contributed by atoms with Crippen molar-refractivity contribution in [3.05, 3.63) is 142 Å². The molecule has 16 heteroatoms. The first-order chi connectivity index (χ1) is 31.2. The molecule has 11 N–H and O–H groups in total. The van der Waals surface area contributed by atoms with E-state index < -0.39 is 5.97 Å². The molecule has 0 radical (unpaired) electrons. The van der Waals surface area contributed by atoms with Crippen molar-refractivity contribution in [1.29, 1.82) is 0 Å². The van der Waals surface area contributed by atoms with Crippen LogP contribution in [0, 0.1) is 0 Å². The molecule has 16 nitrogen and oxygen atoms in total. The number of aromatic amines is 4. The Balaban J connectivity index is 0.000000123.